The Kier molecular flexibility index (Phi) is 5.66. The van der Waals surface area contributed by atoms with Crippen LogP contribution in [0.25, 0.3) is 0 Å². The standard InChI is InChI=1S/C9H21N3O/c1-7(2)4-5-12(3)6-8(10)9(11)13/h7-8H,4-6,10H2,1-3H3,(H2,11,13). The summed E-state index contributed by atoms with van der Waals surface area (Å²) in [5.74, 6) is 0.239. The van der Waals surface area contributed by atoms with Crippen molar-refractivity contribution < 1.29 is 4.79 Å². The van der Waals surface area contributed by atoms with E-state index in [1.54, 1.807) is 0 Å². The normalized spacial score (nSPS) is 13.7. The van der Waals surface area contributed by atoms with Crippen LogP contribution in [0.1, 0.15) is 20.3 Å². The van der Waals surface area contributed by atoms with Crippen molar-refractivity contribution >= 4 is 5.91 Å². The molecule has 13 heavy (non-hydrogen) atoms. The molecule has 0 saturated carbocycles. The van der Waals surface area contributed by atoms with E-state index in [1.807, 2.05) is 11.9 Å². The summed E-state index contributed by atoms with van der Waals surface area (Å²) in [6.07, 6.45) is 1.11. The van der Waals surface area contributed by atoms with Crippen LogP contribution >= 0.6 is 0 Å². The maximum Gasteiger partial charge on any atom is 0.235 e. The number of carbonyl (C=O) groups excluding carboxylic acids is 1. The Morgan fingerprint density at radius 2 is 2.00 bits per heavy atom. The fraction of sp³-hybridized carbons (Fsp3) is 0.889. The van der Waals surface area contributed by atoms with Gasteiger partial charge in [0.2, 0.25) is 5.91 Å². The summed E-state index contributed by atoms with van der Waals surface area (Å²) in [4.78, 5) is 12.7. The van der Waals surface area contributed by atoms with E-state index in [0.717, 1.165) is 13.0 Å². The molecule has 4 heteroatoms. The zero-order valence-electron chi connectivity index (χ0n) is 8.79. The molecule has 0 saturated heterocycles. The Hall–Kier alpha value is -0.610. The van der Waals surface area contributed by atoms with Crippen molar-refractivity contribution in [3.63, 3.8) is 0 Å². The van der Waals surface area contributed by atoms with Crippen LogP contribution in [0, 0.1) is 5.92 Å². The van der Waals surface area contributed by atoms with Crippen LogP contribution in [0.4, 0.5) is 0 Å². The molecule has 78 valence electrons. The minimum atomic E-state index is -0.544. The van der Waals surface area contributed by atoms with E-state index in [9.17, 15) is 4.79 Å². The lowest BCUT2D eigenvalue weighted by Crippen LogP contribution is -2.45. The molecule has 4 N–H and O–H groups in total. The third-order valence-electron chi connectivity index (χ3n) is 1.96. The highest BCUT2D eigenvalue weighted by molar-refractivity contribution is 5.79. The Morgan fingerprint density at radius 3 is 2.38 bits per heavy atom. The van der Waals surface area contributed by atoms with Gasteiger partial charge in [0, 0.05) is 6.54 Å². The third kappa shape index (κ3) is 6.54. The summed E-state index contributed by atoms with van der Waals surface area (Å²) in [7, 11) is 1.95. The third-order valence-corrected chi connectivity index (χ3v) is 1.96. The van der Waals surface area contributed by atoms with Gasteiger partial charge in [-0.1, -0.05) is 13.8 Å². The predicted octanol–water partition coefficient (Wildman–Crippen LogP) is -0.223. The largest absolute Gasteiger partial charge is 0.368 e. The second-order valence-electron chi connectivity index (χ2n) is 3.95. The van der Waals surface area contributed by atoms with Crippen LogP contribution < -0.4 is 11.5 Å². The van der Waals surface area contributed by atoms with E-state index in [0.29, 0.717) is 12.5 Å². The molecule has 0 fully saturated rings. The number of hydrogen-bond acceptors (Lipinski definition) is 3. The molecule has 1 unspecified atom stereocenters. The van der Waals surface area contributed by atoms with E-state index < -0.39 is 11.9 Å². The second kappa shape index (κ2) is 5.94. The van der Waals surface area contributed by atoms with Crippen molar-refractivity contribution in [1.29, 1.82) is 0 Å². The molecule has 0 rings (SSSR count). The molecule has 0 aliphatic heterocycles. The lowest BCUT2D eigenvalue weighted by atomic mass is 10.1. The molecule has 0 aromatic heterocycles. The number of carbonyl (C=O) groups is 1. The monoisotopic (exact) mass is 187 g/mol. The lowest BCUT2D eigenvalue weighted by Gasteiger charge is -2.20. The fourth-order valence-corrected chi connectivity index (χ4v) is 0.996. The van der Waals surface area contributed by atoms with Gasteiger partial charge in [-0.25, -0.2) is 0 Å². The van der Waals surface area contributed by atoms with Crippen molar-refractivity contribution in [3.05, 3.63) is 0 Å². The van der Waals surface area contributed by atoms with Crippen LogP contribution in [0.5, 0.6) is 0 Å². The Morgan fingerprint density at radius 1 is 1.46 bits per heavy atom. The van der Waals surface area contributed by atoms with Gasteiger partial charge in [-0.3, -0.25) is 4.79 Å². The molecule has 0 aliphatic rings. The van der Waals surface area contributed by atoms with Gasteiger partial charge >= 0.3 is 0 Å². The van der Waals surface area contributed by atoms with Gasteiger partial charge in [0.05, 0.1) is 6.04 Å². The fourth-order valence-electron chi connectivity index (χ4n) is 0.996. The molecule has 0 aliphatic carbocycles. The molecule has 0 aromatic carbocycles. The molecule has 0 heterocycles. The predicted molar refractivity (Wildman–Crippen MR) is 54.1 cm³/mol. The molecule has 0 aromatic rings. The average Bonchev–Trinajstić information content (AvgIpc) is 2.00. The SMILES string of the molecule is CC(C)CCN(C)CC(N)C(N)=O. The van der Waals surface area contributed by atoms with Gasteiger partial charge in [-0.05, 0) is 25.9 Å². The van der Waals surface area contributed by atoms with E-state index in [4.69, 9.17) is 11.5 Å². The highest BCUT2D eigenvalue weighted by Crippen LogP contribution is 2.00. The number of nitrogens with zero attached hydrogens (tertiary/aromatic N) is 1. The van der Waals surface area contributed by atoms with Crippen molar-refractivity contribution in [1.82, 2.24) is 4.90 Å². The van der Waals surface area contributed by atoms with Crippen LogP contribution in [-0.2, 0) is 4.79 Å². The van der Waals surface area contributed by atoms with Gasteiger partial charge in [-0.15, -0.1) is 0 Å². The van der Waals surface area contributed by atoms with Crippen molar-refractivity contribution in [2.75, 3.05) is 20.1 Å². The average molecular weight is 187 g/mol. The maximum atomic E-state index is 10.6. The lowest BCUT2D eigenvalue weighted by molar-refractivity contribution is -0.119. The van der Waals surface area contributed by atoms with Crippen molar-refractivity contribution in [2.45, 2.75) is 26.3 Å². The van der Waals surface area contributed by atoms with Crippen LogP contribution in [-0.4, -0.2) is 37.0 Å². The topological polar surface area (TPSA) is 72.3 Å². The number of hydrogen-bond donors (Lipinski definition) is 2. The van der Waals surface area contributed by atoms with Gasteiger partial charge in [0.25, 0.3) is 0 Å². The number of amides is 1. The number of likely N-dealkylation sites (N-methyl/N-ethyl adjacent to an activating group) is 1. The smallest absolute Gasteiger partial charge is 0.235 e. The second-order valence-corrected chi connectivity index (χ2v) is 3.95. The van der Waals surface area contributed by atoms with E-state index in [2.05, 4.69) is 13.8 Å². The zero-order chi connectivity index (χ0) is 10.4. The minimum absolute atomic E-state index is 0.434. The highest BCUT2D eigenvalue weighted by atomic mass is 16.1. The molecule has 0 spiro atoms. The first kappa shape index (κ1) is 12.4. The molecular formula is C9H21N3O. The Labute approximate surface area is 80.3 Å². The molecule has 0 radical (unpaired) electrons. The molecule has 4 nitrogen and oxygen atoms in total. The van der Waals surface area contributed by atoms with Crippen LogP contribution in [0.2, 0.25) is 0 Å². The first-order valence-electron chi connectivity index (χ1n) is 4.67. The van der Waals surface area contributed by atoms with Crippen LogP contribution in [0.3, 0.4) is 0 Å². The molecule has 1 amide bonds. The molecule has 0 bridgehead atoms. The summed E-state index contributed by atoms with van der Waals surface area (Å²) < 4.78 is 0. The van der Waals surface area contributed by atoms with Crippen molar-refractivity contribution in [3.8, 4) is 0 Å². The number of primary amides is 1. The molecular weight excluding hydrogens is 166 g/mol. The number of rotatable bonds is 6. The maximum absolute atomic E-state index is 10.6. The van der Waals surface area contributed by atoms with E-state index in [1.165, 1.54) is 0 Å². The van der Waals surface area contributed by atoms with E-state index >= 15 is 0 Å². The summed E-state index contributed by atoms with van der Waals surface area (Å²) >= 11 is 0. The van der Waals surface area contributed by atoms with Gasteiger partial charge in [0.15, 0.2) is 0 Å². The van der Waals surface area contributed by atoms with Crippen LogP contribution in [0.15, 0.2) is 0 Å². The summed E-state index contributed by atoms with van der Waals surface area (Å²) in [6.45, 7) is 5.84. The van der Waals surface area contributed by atoms with E-state index in [-0.39, 0.29) is 0 Å². The molecule has 1 atom stereocenters. The highest BCUT2D eigenvalue weighted by Gasteiger charge is 2.11. The van der Waals surface area contributed by atoms with Crippen molar-refractivity contribution in [2.24, 2.45) is 17.4 Å². The zero-order valence-corrected chi connectivity index (χ0v) is 8.79. The Balaban J connectivity index is 3.61. The quantitative estimate of drug-likeness (QED) is 0.603. The number of nitrogens with two attached hydrogens (primary N) is 2. The Bertz CT molecular complexity index is 159. The first-order chi connectivity index (χ1) is 5.93. The summed E-state index contributed by atoms with van der Waals surface area (Å²) in [5.41, 5.74) is 10.6. The first-order valence-corrected chi connectivity index (χ1v) is 4.67. The minimum Gasteiger partial charge on any atom is -0.368 e. The van der Waals surface area contributed by atoms with Gasteiger partial charge in [0.1, 0.15) is 0 Å². The van der Waals surface area contributed by atoms with Gasteiger partial charge < -0.3 is 16.4 Å². The van der Waals surface area contributed by atoms with Gasteiger partial charge in [-0.2, -0.15) is 0 Å². The summed E-state index contributed by atoms with van der Waals surface area (Å²) in [6, 6.07) is -0.544. The summed E-state index contributed by atoms with van der Waals surface area (Å²) in [5, 5.41) is 0.